The van der Waals surface area contributed by atoms with Gasteiger partial charge in [0.1, 0.15) is 18.5 Å². The SMILES string of the molecule is C=C(Nc1ccc(-n2cnc3c(NC)ncnc32)cc1)Nc1ccc(CNC2CCCCC2)c(C(F)(F)F)c1. The molecule has 0 amide bonds. The van der Waals surface area contributed by atoms with Crippen LogP contribution in [0.25, 0.3) is 16.9 Å². The average Bonchev–Trinajstić information content (AvgIpc) is 3.37. The second-order valence-electron chi connectivity index (χ2n) is 9.62. The summed E-state index contributed by atoms with van der Waals surface area (Å²) >= 11 is 0. The van der Waals surface area contributed by atoms with E-state index in [1.54, 1.807) is 19.4 Å². The summed E-state index contributed by atoms with van der Waals surface area (Å²) in [6.07, 6.45) is 4.16. The van der Waals surface area contributed by atoms with E-state index in [0.717, 1.165) is 43.1 Å². The van der Waals surface area contributed by atoms with Crippen molar-refractivity contribution in [2.24, 2.45) is 0 Å². The minimum atomic E-state index is -4.46. The third-order valence-corrected chi connectivity index (χ3v) is 6.91. The van der Waals surface area contributed by atoms with Gasteiger partial charge in [0.05, 0.1) is 5.56 Å². The third-order valence-electron chi connectivity index (χ3n) is 6.91. The number of hydrogen-bond acceptors (Lipinski definition) is 7. The number of anilines is 3. The van der Waals surface area contributed by atoms with Gasteiger partial charge in [-0.1, -0.05) is 31.9 Å². The number of fused-ring (bicyclic) bond motifs is 1. The summed E-state index contributed by atoms with van der Waals surface area (Å²) in [6.45, 7) is 4.13. The van der Waals surface area contributed by atoms with Crippen molar-refractivity contribution in [3.63, 3.8) is 0 Å². The Labute approximate surface area is 224 Å². The highest BCUT2D eigenvalue weighted by atomic mass is 19.4. The first kappa shape index (κ1) is 26.5. The molecule has 204 valence electrons. The van der Waals surface area contributed by atoms with E-state index in [4.69, 9.17) is 0 Å². The minimum Gasteiger partial charge on any atom is -0.371 e. The lowest BCUT2D eigenvalue weighted by molar-refractivity contribution is -0.138. The van der Waals surface area contributed by atoms with Gasteiger partial charge in [-0.2, -0.15) is 13.2 Å². The quantitative estimate of drug-likeness (QED) is 0.200. The zero-order valence-electron chi connectivity index (χ0n) is 21.6. The van der Waals surface area contributed by atoms with Crippen molar-refractivity contribution in [3.05, 3.63) is 78.6 Å². The number of aromatic nitrogens is 4. The maximum atomic E-state index is 13.9. The first-order valence-corrected chi connectivity index (χ1v) is 12.9. The van der Waals surface area contributed by atoms with Crippen LogP contribution < -0.4 is 21.3 Å². The fourth-order valence-corrected chi connectivity index (χ4v) is 4.93. The first-order valence-electron chi connectivity index (χ1n) is 12.9. The average molecular weight is 537 g/mol. The normalized spacial score (nSPS) is 14.4. The van der Waals surface area contributed by atoms with Crippen LogP contribution in [0.1, 0.15) is 43.2 Å². The molecule has 0 atom stereocenters. The molecule has 1 aliphatic rings. The van der Waals surface area contributed by atoms with Crippen LogP contribution in [0.3, 0.4) is 0 Å². The van der Waals surface area contributed by atoms with Gasteiger partial charge in [-0.25, -0.2) is 15.0 Å². The highest BCUT2D eigenvalue weighted by Crippen LogP contribution is 2.34. The summed E-state index contributed by atoms with van der Waals surface area (Å²) in [7, 11) is 1.77. The summed E-state index contributed by atoms with van der Waals surface area (Å²) in [5, 5.41) is 12.4. The maximum Gasteiger partial charge on any atom is 0.416 e. The van der Waals surface area contributed by atoms with E-state index in [-0.39, 0.29) is 18.2 Å². The molecule has 2 aromatic carbocycles. The molecule has 11 heteroatoms. The molecule has 2 aromatic heterocycles. The molecule has 0 radical (unpaired) electrons. The number of alkyl halides is 3. The highest BCUT2D eigenvalue weighted by Gasteiger charge is 2.33. The van der Waals surface area contributed by atoms with Crippen molar-refractivity contribution in [2.45, 2.75) is 50.9 Å². The van der Waals surface area contributed by atoms with Gasteiger partial charge in [-0.05, 0) is 54.8 Å². The van der Waals surface area contributed by atoms with Crippen LogP contribution in [0.15, 0.2) is 67.5 Å². The fourth-order valence-electron chi connectivity index (χ4n) is 4.93. The number of halogens is 3. The Morgan fingerprint density at radius 3 is 2.41 bits per heavy atom. The van der Waals surface area contributed by atoms with Crippen LogP contribution in [-0.4, -0.2) is 32.6 Å². The molecule has 1 aliphatic carbocycles. The van der Waals surface area contributed by atoms with Gasteiger partial charge in [0, 0.05) is 36.7 Å². The number of benzene rings is 2. The van der Waals surface area contributed by atoms with Gasteiger partial charge in [0.2, 0.25) is 0 Å². The van der Waals surface area contributed by atoms with E-state index < -0.39 is 11.7 Å². The molecule has 0 unspecified atom stereocenters. The number of nitrogens with zero attached hydrogens (tertiary/aromatic N) is 4. The van der Waals surface area contributed by atoms with E-state index >= 15 is 0 Å². The van der Waals surface area contributed by atoms with E-state index in [1.165, 1.54) is 18.8 Å². The minimum absolute atomic E-state index is 0.194. The van der Waals surface area contributed by atoms with Gasteiger partial charge in [-0.3, -0.25) is 4.57 Å². The number of rotatable bonds is 9. The standard InChI is InChI=1S/C28H31F3N8/c1-18(37-21-10-12-23(13-11-21)39-17-36-25-26(32-2)34-16-35-27(25)39)38-22-9-8-19(24(14-22)28(29,30)31)15-33-20-6-4-3-5-7-20/h8-14,16-17,20,33,37-38H,1,3-7,15H2,2H3,(H,32,34,35). The van der Waals surface area contributed by atoms with E-state index in [2.05, 4.69) is 42.8 Å². The molecule has 0 saturated heterocycles. The molecule has 1 fully saturated rings. The largest absolute Gasteiger partial charge is 0.416 e. The molecule has 0 bridgehead atoms. The van der Waals surface area contributed by atoms with Crippen LogP contribution in [0.2, 0.25) is 0 Å². The van der Waals surface area contributed by atoms with Gasteiger partial charge in [0.15, 0.2) is 17.0 Å². The van der Waals surface area contributed by atoms with Gasteiger partial charge in [-0.15, -0.1) is 0 Å². The summed E-state index contributed by atoms with van der Waals surface area (Å²) in [6, 6.07) is 12.0. The fraction of sp³-hybridized carbons (Fsp3) is 0.321. The summed E-state index contributed by atoms with van der Waals surface area (Å²) in [5.41, 5.74) is 2.79. The Balaban J connectivity index is 1.24. The van der Waals surface area contributed by atoms with Crippen molar-refractivity contribution in [1.29, 1.82) is 0 Å². The van der Waals surface area contributed by atoms with Crippen molar-refractivity contribution in [3.8, 4) is 5.69 Å². The van der Waals surface area contributed by atoms with Crippen LogP contribution >= 0.6 is 0 Å². The monoisotopic (exact) mass is 536 g/mol. The molecular formula is C28H31F3N8. The van der Waals surface area contributed by atoms with Crippen LogP contribution in [0.5, 0.6) is 0 Å². The van der Waals surface area contributed by atoms with Crippen molar-refractivity contribution in [1.82, 2.24) is 24.8 Å². The highest BCUT2D eigenvalue weighted by molar-refractivity contribution is 5.83. The zero-order chi connectivity index (χ0) is 27.4. The second-order valence-corrected chi connectivity index (χ2v) is 9.62. The van der Waals surface area contributed by atoms with Crippen molar-refractivity contribution in [2.75, 3.05) is 23.0 Å². The van der Waals surface area contributed by atoms with E-state index in [0.29, 0.717) is 28.5 Å². The van der Waals surface area contributed by atoms with Gasteiger partial charge >= 0.3 is 6.18 Å². The van der Waals surface area contributed by atoms with Gasteiger partial charge < -0.3 is 21.3 Å². The van der Waals surface area contributed by atoms with Crippen LogP contribution in [-0.2, 0) is 12.7 Å². The lowest BCUT2D eigenvalue weighted by Crippen LogP contribution is -2.31. The van der Waals surface area contributed by atoms with Crippen LogP contribution in [0, 0.1) is 0 Å². The molecule has 4 N–H and O–H groups in total. The molecule has 0 aliphatic heterocycles. The van der Waals surface area contributed by atoms with Crippen LogP contribution in [0.4, 0.5) is 30.4 Å². The lowest BCUT2D eigenvalue weighted by Gasteiger charge is -2.24. The Bertz CT molecular complexity index is 1440. The molecule has 0 spiro atoms. The predicted molar refractivity (Wildman–Crippen MR) is 148 cm³/mol. The lowest BCUT2D eigenvalue weighted by atomic mass is 9.95. The van der Waals surface area contributed by atoms with Crippen molar-refractivity contribution >= 4 is 28.4 Å². The Morgan fingerprint density at radius 2 is 1.69 bits per heavy atom. The molecule has 4 aromatic rings. The molecule has 39 heavy (non-hydrogen) atoms. The summed E-state index contributed by atoms with van der Waals surface area (Å²) < 4.78 is 43.4. The summed E-state index contributed by atoms with van der Waals surface area (Å²) in [4.78, 5) is 12.9. The number of nitrogens with one attached hydrogen (secondary N) is 4. The number of imidazole rings is 1. The Kier molecular flexibility index (Phi) is 7.69. The van der Waals surface area contributed by atoms with Gasteiger partial charge in [0.25, 0.3) is 0 Å². The Hall–Kier alpha value is -4.12. The molecule has 1 saturated carbocycles. The Morgan fingerprint density at radius 1 is 0.974 bits per heavy atom. The molecular weight excluding hydrogens is 505 g/mol. The zero-order valence-corrected chi connectivity index (χ0v) is 21.6. The maximum absolute atomic E-state index is 13.9. The third kappa shape index (κ3) is 6.14. The van der Waals surface area contributed by atoms with E-state index in [1.807, 2.05) is 28.8 Å². The summed E-state index contributed by atoms with van der Waals surface area (Å²) in [5.74, 6) is 0.991. The molecule has 2 heterocycles. The predicted octanol–water partition coefficient (Wildman–Crippen LogP) is 6.29. The van der Waals surface area contributed by atoms with Crippen molar-refractivity contribution < 1.29 is 13.2 Å². The first-order chi connectivity index (χ1) is 18.8. The van der Waals surface area contributed by atoms with E-state index in [9.17, 15) is 13.2 Å². The second kappa shape index (κ2) is 11.3. The molecule has 5 rings (SSSR count). The number of hydrogen-bond donors (Lipinski definition) is 4. The topological polar surface area (TPSA) is 91.7 Å². The smallest absolute Gasteiger partial charge is 0.371 e. The molecule has 8 nitrogen and oxygen atoms in total.